The molecule has 232 valence electrons. The second-order valence-corrected chi connectivity index (χ2v) is 18.2. The Bertz CT molecular complexity index is 1100. The van der Waals surface area contributed by atoms with Crippen molar-refractivity contribution < 1.29 is 0 Å². The summed E-state index contributed by atoms with van der Waals surface area (Å²) in [6.45, 7) is 39.7. The highest BCUT2D eigenvalue weighted by Gasteiger charge is 2.55. The van der Waals surface area contributed by atoms with Crippen LogP contribution in [-0.4, -0.2) is 0 Å². The van der Waals surface area contributed by atoms with Gasteiger partial charge in [-0.3, -0.25) is 0 Å². The van der Waals surface area contributed by atoms with Gasteiger partial charge in [0.05, 0.1) is 0 Å². The van der Waals surface area contributed by atoms with Gasteiger partial charge in [-0.05, 0) is 86.7 Å². The van der Waals surface area contributed by atoms with Gasteiger partial charge in [0.15, 0.2) is 0 Å². The summed E-state index contributed by atoms with van der Waals surface area (Å²) in [4.78, 5) is 0. The minimum absolute atomic E-state index is 0.0629. The van der Waals surface area contributed by atoms with Crippen LogP contribution in [0.15, 0.2) is 48.5 Å². The maximum Gasteiger partial charge on any atom is 0.0283 e. The molecule has 0 aliphatic heterocycles. The quantitative estimate of drug-likeness (QED) is 0.206. The first-order valence-electron chi connectivity index (χ1n) is 16.1. The van der Waals surface area contributed by atoms with Crippen LogP contribution in [0.3, 0.4) is 0 Å². The van der Waals surface area contributed by atoms with Crippen molar-refractivity contribution in [3.05, 3.63) is 70.8 Å². The van der Waals surface area contributed by atoms with Gasteiger partial charge in [0.2, 0.25) is 0 Å². The zero-order valence-corrected chi connectivity index (χ0v) is 31.4. The van der Waals surface area contributed by atoms with Crippen LogP contribution in [0.4, 0.5) is 0 Å². The predicted molar refractivity (Wildman–Crippen MR) is 188 cm³/mol. The molecule has 2 atom stereocenters. The number of halogens is 1. The summed E-state index contributed by atoms with van der Waals surface area (Å²) in [5.41, 5.74) is 6.42. The summed E-state index contributed by atoms with van der Waals surface area (Å²) in [5.74, 6) is 1.48. The van der Waals surface area contributed by atoms with E-state index in [0.29, 0.717) is 17.8 Å². The Kier molecular flexibility index (Phi) is 11.0. The second kappa shape index (κ2) is 12.5. The third-order valence-corrected chi connectivity index (χ3v) is 13.3. The van der Waals surface area contributed by atoms with Crippen molar-refractivity contribution >= 4 is 15.9 Å². The highest BCUT2D eigenvalue weighted by molar-refractivity contribution is 9.08. The van der Waals surface area contributed by atoms with Gasteiger partial charge in [-0.1, -0.05) is 174 Å². The van der Waals surface area contributed by atoms with E-state index in [1.165, 1.54) is 28.7 Å². The predicted octanol–water partition coefficient (Wildman–Crippen LogP) is 13.4. The van der Waals surface area contributed by atoms with Crippen LogP contribution in [0.1, 0.15) is 151 Å². The molecular formula is C40H65Br. The third kappa shape index (κ3) is 7.53. The van der Waals surface area contributed by atoms with Crippen LogP contribution in [0, 0.1) is 45.3 Å². The Morgan fingerprint density at radius 2 is 0.976 bits per heavy atom. The molecule has 0 aromatic heterocycles. The smallest absolute Gasteiger partial charge is 0.0283 e. The summed E-state index contributed by atoms with van der Waals surface area (Å²) in [6.07, 6.45) is 2.32. The highest BCUT2D eigenvalue weighted by Crippen LogP contribution is 2.64. The van der Waals surface area contributed by atoms with Crippen LogP contribution >= 0.6 is 15.9 Å². The van der Waals surface area contributed by atoms with Gasteiger partial charge in [-0.15, -0.1) is 0 Å². The van der Waals surface area contributed by atoms with Gasteiger partial charge < -0.3 is 0 Å². The highest BCUT2D eigenvalue weighted by atomic mass is 79.9. The lowest BCUT2D eigenvalue weighted by Gasteiger charge is -2.59. The maximum absolute atomic E-state index is 3.67. The molecular weight excluding hydrogens is 560 g/mol. The third-order valence-electron chi connectivity index (χ3n) is 12.7. The van der Waals surface area contributed by atoms with Crippen LogP contribution in [-0.2, 0) is 5.33 Å². The second-order valence-electron chi connectivity index (χ2n) is 17.7. The molecule has 0 heterocycles. The molecule has 0 nitrogen and oxygen atoms in total. The van der Waals surface area contributed by atoms with Gasteiger partial charge in [-0.2, -0.15) is 0 Å². The van der Waals surface area contributed by atoms with E-state index in [-0.39, 0.29) is 32.5 Å². The number of benzene rings is 2. The first-order chi connectivity index (χ1) is 18.4. The molecule has 41 heavy (non-hydrogen) atoms. The summed E-state index contributed by atoms with van der Waals surface area (Å²) in [5, 5.41) is 0.900. The van der Waals surface area contributed by atoms with Crippen LogP contribution < -0.4 is 0 Å². The fourth-order valence-corrected chi connectivity index (χ4v) is 7.44. The van der Waals surface area contributed by atoms with E-state index in [1.807, 2.05) is 0 Å². The maximum atomic E-state index is 3.67. The molecule has 2 unspecified atom stereocenters. The monoisotopic (exact) mass is 624 g/mol. The molecule has 0 saturated carbocycles. The van der Waals surface area contributed by atoms with E-state index < -0.39 is 0 Å². The molecule has 0 bridgehead atoms. The average Bonchev–Trinajstić information content (AvgIpc) is 2.85. The van der Waals surface area contributed by atoms with E-state index in [0.717, 1.165) is 11.8 Å². The normalized spacial score (nSPS) is 15.8. The lowest BCUT2D eigenvalue weighted by atomic mass is 9.45. The van der Waals surface area contributed by atoms with E-state index in [9.17, 15) is 0 Å². The molecule has 0 fully saturated rings. The van der Waals surface area contributed by atoms with E-state index in [4.69, 9.17) is 0 Å². The van der Waals surface area contributed by atoms with Gasteiger partial charge in [0.1, 0.15) is 0 Å². The fraction of sp³-hybridized carbons (Fsp3) is 0.700. The number of aryl methyl sites for hydroxylation is 1. The van der Waals surface area contributed by atoms with Crippen molar-refractivity contribution in [2.75, 3.05) is 0 Å². The van der Waals surface area contributed by atoms with Crippen molar-refractivity contribution in [3.63, 3.8) is 0 Å². The Balaban J connectivity index is 2.72. The topological polar surface area (TPSA) is 0 Å². The largest absolute Gasteiger partial charge is 0.0876 e. The summed E-state index contributed by atoms with van der Waals surface area (Å²) < 4.78 is 0. The summed E-state index contributed by atoms with van der Waals surface area (Å²) in [6, 6.07) is 18.9. The Morgan fingerprint density at radius 3 is 1.37 bits per heavy atom. The first-order valence-corrected chi connectivity index (χ1v) is 17.3. The average molecular weight is 626 g/mol. The van der Waals surface area contributed by atoms with Crippen molar-refractivity contribution in [1.82, 2.24) is 0 Å². The number of rotatable bonds is 12. The number of alkyl halides is 1. The summed E-state index contributed by atoms with van der Waals surface area (Å²) >= 11 is 3.67. The molecule has 0 spiro atoms. The zero-order valence-electron chi connectivity index (χ0n) is 29.9. The van der Waals surface area contributed by atoms with Gasteiger partial charge in [0, 0.05) is 5.33 Å². The molecule has 1 heteroatoms. The van der Waals surface area contributed by atoms with E-state index in [2.05, 4.69) is 175 Å². The van der Waals surface area contributed by atoms with Crippen LogP contribution in [0.5, 0.6) is 0 Å². The van der Waals surface area contributed by atoms with Crippen molar-refractivity contribution in [1.29, 1.82) is 0 Å². The van der Waals surface area contributed by atoms with Gasteiger partial charge >= 0.3 is 0 Å². The molecule has 2 aromatic rings. The standard InChI is InChI=1S/C40H65Br/c1-28(2)37(9,10)40(15,16)39(13,14)34(32-23-19-30(27-41)20-24-32)26-36(7,8)38(11,12)33(25-35(4,5)6)31-21-17-29(3)18-22-31/h17-24,28,33-34H,25-27H2,1-16H3. The molecule has 2 rings (SSSR count). The Hall–Kier alpha value is -1.08. The van der Waals surface area contributed by atoms with Crippen LogP contribution in [0.2, 0.25) is 0 Å². The van der Waals surface area contributed by atoms with Crippen LogP contribution in [0.25, 0.3) is 0 Å². The lowest BCUT2D eigenvalue weighted by molar-refractivity contribution is -0.0784. The molecule has 0 aliphatic rings. The minimum Gasteiger partial charge on any atom is -0.0876 e. The fourth-order valence-electron chi connectivity index (χ4n) is 7.06. The zero-order chi connectivity index (χ0) is 31.8. The van der Waals surface area contributed by atoms with Gasteiger partial charge in [0.25, 0.3) is 0 Å². The number of hydrogen-bond acceptors (Lipinski definition) is 0. The first kappa shape index (κ1) is 36.1. The molecule has 0 amide bonds. The summed E-state index contributed by atoms with van der Waals surface area (Å²) in [7, 11) is 0. The molecule has 0 radical (unpaired) electrons. The molecule has 0 saturated heterocycles. The van der Waals surface area contributed by atoms with Gasteiger partial charge in [-0.25, -0.2) is 0 Å². The van der Waals surface area contributed by atoms with E-state index >= 15 is 0 Å². The van der Waals surface area contributed by atoms with Crippen molar-refractivity contribution in [2.24, 2.45) is 38.4 Å². The van der Waals surface area contributed by atoms with E-state index in [1.54, 1.807) is 0 Å². The lowest BCUT2D eigenvalue weighted by Crippen LogP contribution is -2.51. The Labute approximate surface area is 265 Å². The Morgan fingerprint density at radius 1 is 0.561 bits per heavy atom. The molecule has 0 aliphatic carbocycles. The van der Waals surface area contributed by atoms with Crippen molar-refractivity contribution in [2.45, 2.75) is 141 Å². The molecule has 0 N–H and O–H groups in total. The van der Waals surface area contributed by atoms with Crippen molar-refractivity contribution in [3.8, 4) is 0 Å². The molecule has 2 aromatic carbocycles. The SMILES string of the molecule is Cc1ccc(C(CC(C)(C)C)C(C)(C)C(C)(C)CC(c2ccc(CBr)cc2)C(C)(C)C(C)(C)C(C)(C)C(C)C)cc1. The minimum atomic E-state index is 0.0629. The number of hydrogen-bond donors (Lipinski definition) is 0.